The van der Waals surface area contributed by atoms with Gasteiger partial charge in [0.25, 0.3) is 0 Å². The third kappa shape index (κ3) is 6.01. The summed E-state index contributed by atoms with van der Waals surface area (Å²) < 4.78 is 17.5. The second-order valence-electron chi connectivity index (χ2n) is 6.79. The van der Waals surface area contributed by atoms with Crippen molar-refractivity contribution in [1.29, 1.82) is 0 Å². The van der Waals surface area contributed by atoms with Crippen LogP contribution in [0.1, 0.15) is 31.4 Å². The Balaban J connectivity index is 2.08. The topological polar surface area (TPSA) is 30.9 Å². The highest BCUT2D eigenvalue weighted by atomic mass is 127. The number of benzene rings is 2. The van der Waals surface area contributed by atoms with Crippen LogP contribution < -0.4 is 14.2 Å². The van der Waals surface area contributed by atoms with E-state index in [1.165, 1.54) is 14.7 Å². The fourth-order valence-electron chi connectivity index (χ4n) is 3.53. The van der Waals surface area contributed by atoms with Crippen LogP contribution in [0.5, 0.6) is 17.2 Å². The van der Waals surface area contributed by atoms with Crippen molar-refractivity contribution in [3.8, 4) is 17.2 Å². The molecule has 28 heavy (non-hydrogen) atoms. The van der Waals surface area contributed by atoms with Gasteiger partial charge in [0.15, 0.2) is 11.5 Å². The van der Waals surface area contributed by atoms with Crippen LogP contribution in [0.4, 0.5) is 0 Å². The van der Waals surface area contributed by atoms with E-state index in [2.05, 4.69) is 65.6 Å². The Hall–Kier alpha value is -1.47. The lowest BCUT2D eigenvalue weighted by molar-refractivity contribution is 0.201. The first-order valence-electron chi connectivity index (χ1n) is 9.83. The monoisotopic (exact) mass is 497 g/mol. The van der Waals surface area contributed by atoms with Gasteiger partial charge in [0, 0.05) is 16.2 Å². The third-order valence-electron chi connectivity index (χ3n) is 5.24. The standard InChI is InChI=1S/C23H32INO3/c1-6-19(15-18-16-20(26-3)9-10-21(18)24)25(7-2)13-12-17-8-11-22(27-4)23(14-17)28-5/h8-11,14,16,19H,6-7,12-13,15H2,1-5H3. The number of likely N-dealkylation sites (N-methyl/N-ethyl adjacent to an activating group) is 1. The summed E-state index contributed by atoms with van der Waals surface area (Å²) in [6.07, 6.45) is 3.14. The zero-order chi connectivity index (χ0) is 20.5. The molecule has 1 atom stereocenters. The molecular formula is C23H32INO3. The van der Waals surface area contributed by atoms with Crippen molar-refractivity contribution < 1.29 is 14.2 Å². The zero-order valence-corrected chi connectivity index (χ0v) is 19.8. The summed E-state index contributed by atoms with van der Waals surface area (Å²) in [4.78, 5) is 2.58. The normalized spacial score (nSPS) is 12.1. The molecule has 4 nitrogen and oxygen atoms in total. The number of methoxy groups -OCH3 is 3. The molecule has 0 aliphatic heterocycles. The van der Waals surface area contributed by atoms with E-state index < -0.39 is 0 Å². The molecular weight excluding hydrogens is 465 g/mol. The SMILES string of the molecule is CCC(Cc1cc(OC)ccc1I)N(CC)CCc1ccc(OC)c(OC)c1. The number of halogens is 1. The van der Waals surface area contributed by atoms with Crippen LogP contribution in [0, 0.1) is 3.57 Å². The minimum Gasteiger partial charge on any atom is -0.497 e. The van der Waals surface area contributed by atoms with Crippen LogP contribution in [0.15, 0.2) is 36.4 Å². The number of hydrogen-bond donors (Lipinski definition) is 0. The van der Waals surface area contributed by atoms with E-state index in [-0.39, 0.29) is 0 Å². The van der Waals surface area contributed by atoms with E-state index in [4.69, 9.17) is 14.2 Å². The molecule has 154 valence electrons. The molecule has 0 aliphatic carbocycles. The molecule has 0 fully saturated rings. The van der Waals surface area contributed by atoms with Crippen molar-refractivity contribution in [1.82, 2.24) is 4.90 Å². The second kappa shape index (κ2) is 11.5. The molecule has 0 saturated carbocycles. The first kappa shape index (κ1) is 22.8. The Morgan fingerprint density at radius 2 is 1.68 bits per heavy atom. The van der Waals surface area contributed by atoms with E-state index >= 15 is 0 Å². The van der Waals surface area contributed by atoms with Gasteiger partial charge in [-0.25, -0.2) is 0 Å². The van der Waals surface area contributed by atoms with E-state index in [0.29, 0.717) is 6.04 Å². The second-order valence-corrected chi connectivity index (χ2v) is 7.95. The summed E-state index contributed by atoms with van der Waals surface area (Å²) >= 11 is 2.42. The van der Waals surface area contributed by atoms with Gasteiger partial charge < -0.3 is 19.1 Å². The third-order valence-corrected chi connectivity index (χ3v) is 6.29. The van der Waals surface area contributed by atoms with Gasteiger partial charge in [0.05, 0.1) is 21.3 Å². The number of hydrogen-bond acceptors (Lipinski definition) is 4. The summed E-state index contributed by atoms with van der Waals surface area (Å²) in [7, 11) is 5.08. The molecule has 0 bridgehead atoms. The predicted octanol–water partition coefficient (Wildman–Crippen LogP) is 5.20. The Morgan fingerprint density at radius 3 is 2.29 bits per heavy atom. The van der Waals surface area contributed by atoms with Crippen molar-refractivity contribution in [2.45, 2.75) is 39.2 Å². The summed E-state index contributed by atoms with van der Waals surface area (Å²) in [5.41, 5.74) is 2.62. The highest BCUT2D eigenvalue weighted by Crippen LogP contribution is 2.28. The fourth-order valence-corrected chi connectivity index (χ4v) is 4.08. The maximum Gasteiger partial charge on any atom is 0.160 e. The van der Waals surface area contributed by atoms with E-state index in [1.807, 2.05) is 12.1 Å². The summed E-state index contributed by atoms with van der Waals surface area (Å²) in [6.45, 7) is 6.57. The molecule has 0 heterocycles. The molecule has 0 spiro atoms. The average Bonchev–Trinajstić information content (AvgIpc) is 2.74. The number of ether oxygens (including phenoxy) is 3. The maximum atomic E-state index is 5.44. The molecule has 0 aromatic heterocycles. The van der Waals surface area contributed by atoms with Gasteiger partial charge in [-0.3, -0.25) is 0 Å². The minimum atomic E-state index is 0.505. The zero-order valence-electron chi connectivity index (χ0n) is 17.6. The molecule has 0 aliphatic rings. The number of rotatable bonds is 11. The lowest BCUT2D eigenvalue weighted by Gasteiger charge is -2.30. The van der Waals surface area contributed by atoms with Crippen molar-refractivity contribution in [3.63, 3.8) is 0 Å². The molecule has 1 unspecified atom stereocenters. The average molecular weight is 497 g/mol. The molecule has 0 amide bonds. The van der Waals surface area contributed by atoms with Gasteiger partial charge in [-0.15, -0.1) is 0 Å². The Labute approximate surface area is 183 Å². The van der Waals surface area contributed by atoms with Gasteiger partial charge in [-0.1, -0.05) is 19.9 Å². The Morgan fingerprint density at radius 1 is 0.929 bits per heavy atom. The summed E-state index contributed by atoms with van der Waals surface area (Å²) in [5.74, 6) is 2.50. The lowest BCUT2D eigenvalue weighted by Crippen LogP contribution is -2.38. The summed E-state index contributed by atoms with van der Waals surface area (Å²) in [6, 6.07) is 13.0. The van der Waals surface area contributed by atoms with E-state index in [9.17, 15) is 0 Å². The lowest BCUT2D eigenvalue weighted by atomic mass is 10.0. The first-order valence-corrected chi connectivity index (χ1v) is 10.9. The molecule has 2 rings (SSSR count). The molecule has 2 aromatic rings. The van der Waals surface area contributed by atoms with Crippen LogP contribution in [-0.4, -0.2) is 45.4 Å². The summed E-state index contributed by atoms with van der Waals surface area (Å²) in [5, 5.41) is 0. The van der Waals surface area contributed by atoms with Crippen LogP contribution in [0.3, 0.4) is 0 Å². The predicted molar refractivity (Wildman–Crippen MR) is 124 cm³/mol. The van der Waals surface area contributed by atoms with Gasteiger partial charge in [-0.05, 0) is 89.9 Å². The van der Waals surface area contributed by atoms with Crippen molar-refractivity contribution in [3.05, 3.63) is 51.1 Å². The molecule has 0 N–H and O–H groups in total. The molecule has 0 radical (unpaired) electrons. The minimum absolute atomic E-state index is 0.505. The van der Waals surface area contributed by atoms with Gasteiger partial charge in [-0.2, -0.15) is 0 Å². The largest absolute Gasteiger partial charge is 0.497 e. The highest BCUT2D eigenvalue weighted by Gasteiger charge is 2.18. The Kier molecular flexibility index (Phi) is 9.38. The molecule has 2 aromatic carbocycles. The van der Waals surface area contributed by atoms with Gasteiger partial charge >= 0.3 is 0 Å². The highest BCUT2D eigenvalue weighted by molar-refractivity contribution is 14.1. The molecule has 0 saturated heterocycles. The van der Waals surface area contributed by atoms with E-state index in [1.54, 1.807) is 21.3 Å². The van der Waals surface area contributed by atoms with Crippen molar-refractivity contribution >= 4 is 22.6 Å². The van der Waals surface area contributed by atoms with Crippen LogP contribution in [0.2, 0.25) is 0 Å². The fraction of sp³-hybridized carbons (Fsp3) is 0.478. The van der Waals surface area contributed by atoms with E-state index in [0.717, 1.165) is 49.6 Å². The van der Waals surface area contributed by atoms with Gasteiger partial charge in [0.1, 0.15) is 5.75 Å². The quantitative estimate of drug-likeness (QED) is 0.400. The van der Waals surface area contributed by atoms with Crippen LogP contribution >= 0.6 is 22.6 Å². The number of nitrogens with zero attached hydrogens (tertiary/aromatic N) is 1. The maximum absolute atomic E-state index is 5.44. The van der Waals surface area contributed by atoms with Crippen LogP contribution in [-0.2, 0) is 12.8 Å². The Bertz CT molecular complexity index is 751. The van der Waals surface area contributed by atoms with Gasteiger partial charge in [0.2, 0.25) is 0 Å². The first-order chi connectivity index (χ1) is 13.6. The molecule has 5 heteroatoms. The smallest absolute Gasteiger partial charge is 0.160 e. The van der Waals surface area contributed by atoms with Crippen LogP contribution in [0.25, 0.3) is 0 Å². The van der Waals surface area contributed by atoms with Crippen molar-refractivity contribution in [2.75, 3.05) is 34.4 Å². The van der Waals surface area contributed by atoms with Crippen molar-refractivity contribution in [2.24, 2.45) is 0 Å².